The van der Waals surface area contributed by atoms with E-state index in [1.54, 1.807) is 13.0 Å². The van der Waals surface area contributed by atoms with E-state index in [9.17, 15) is 13.2 Å². The van der Waals surface area contributed by atoms with E-state index in [0.717, 1.165) is 0 Å². The van der Waals surface area contributed by atoms with Gasteiger partial charge in [-0.25, -0.2) is 0 Å². The first kappa shape index (κ1) is 10.9. The Morgan fingerprint density at radius 2 is 2.06 bits per heavy atom. The molecule has 2 aromatic rings. The van der Waals surface area contributed by atoms with E-state index in [1.807, 2.05) is 0 Å². The number of nitrogens with zero attached hydrogens (tertiary/aromatic N) is 1. The zero-order chi connectivity index (χ0) is 11.9. The molecule has 2 rings (SSSR count). The standard InChI is InChI=1S/C10H9F3N2O/c1-5(14)6-2-3-7-8(4-6)16-15-9(7)10(11,12)13/h2-5H,14H2,1H3. The Labute approximate surface area is 89.0 Å². The van der Waals surface area contributed by atoms with Crippen molar-refractivity contribution >= 4 is 11.0 Å². The van der Waals surface area contributed by atoms with Gasteiger partial charge in [0.1, 0.15) is 0 Å². The topological polar surface area (TPSA) is 52.0 Å². The third-order valence-corrected chi connectivity index (χ3v) is 2.29. The Kier molecular flexibility index (Phi) is 2.38. The molecule has 0 aliphatic carbocycles. The molecule has 86 valence electrons. The van der Waals surface area contributed by atoms with Crippen molar-refractivity contribution in [2.45, 2.75) is 19.1 Å². The minimum atomic E-state index is -4.50. The second-order valence-corrected chi connectivity index (χ2v) is 3.57. The third kappa shape index (κ3) is 1.76. The molecule has 16 heavy (non-hydrogen) atoms. The van der Waals surface area contributed by atoms with Gasteiger partial charge < -0.3 is 10.3 Å². The molecule has 1 aromatic carbocycles. The lowest BCUT2D eigenvalue weighted by molar-refractivity contribution is -0.141. The van der Waals surface area contributed by atoms with Crippen LogP contribution >= 0.6 is 0 Å². The summed E-state index contributed by atoms with van der Waals surface area (Å²) in [6.07, 6.45) is -4.50. The maximum Gasteiger partial charge on any atom is 0.437 e. The maximum absolute atomic E-state index is 12.5. The Hall–Kier alpha value is -1.56. The Balaban J connectivity index is 2.59. The molecule has 0 aliphatic rings. The summed E-state index contributed by atoms with van der Waals surface area (Å²) in [7, 11) is 0. The molecule has 3 nitrogen and oxygen atoms in total. The molecule has 6 heteroatoms. The van der Waals surface area contributed by atoms with Gasteiger partial charge in [0.2, 0.25) is 0 Å². The molecule has 1 atom stereocenters. The monoisotopic (exact) mass is 230 g/mol. The van der Waals surface area contributed by atoms with Crippen molar-refractivity contribution in [2.75, 3.05) is 0 Å². The number of hydrogen-bond acceptors (Lipinski definition) is 3. The molecule has 2 N–H and O–H groups in total. The van der Waals surface area contributed by atoms with Gasteiger partial charge in [-0.3, -0.25) is 0 Å². The number of halogens is 3. The number of aromatic nitrogens is 1. The van der Waals surface area contributed by atoms with Gasteiger partial charge in [0.15, 0.2) is 11.3 Å². The van der Waals surface area contributed by atoms with Crippen LogP contribution in [0.15, 0.2) is 22.7 Å². The predicted octanol–water partition coefficient (Wildman–Crippen LogP) is 2.87. The van der Waals surface area contributed by atoms with Crippen molar-refractivity contribution in [1.29, 1.82) is 0 Å². The number of alkyl halides is 3. The van der Waals surface area contributed by atoms with Crippen molar-refractivity contribution in [3.8, 4) is 0 Å². The van der Waals surface area contributed by atoms with Crippen molar-refractivity contribution in [1.82, 2.24) is 5.16 Å². The molecule has 0 fully saturated rings. The molecule has 0 amide bonds. The van der Waals surface area contributed by atoms with E-state index < -0.39 is 11.9 Å². The molecule has 0 radical (unpaired) electrons. The van der Waals surface area contributed by atoms with E-state index in [4.69, 9.17) is 5.73 Å². The Morgan fingerprint density at radius 1 is 1.38 bits per heavy atom. The van der Waals surface area contributed by atoms with Crippen molar-refractivity contribution in [3.63, 3.8) is 0 Å². The molecule has 0 aliphatic heterocycles. The van der Waals surface area contributed by atoms with Gasteiger partial charge in [-0.15, -0.1) is 0 Å². The number of nitrogens with two attached hydrogens (primary N) is 1. The molecule has 0 saturated heterocycles. The summed E-state index contributed by atoms with van der Waals surface area (Å²) in [5.41, 5.74) is 5.42. The smallest absolute Gasteiger partial charge is 0.356 e. The molecular formula is C10H9F3N2O. The largest absolute Gasteiger partial charge is 0.437 e. The van der Waals surface area contributed by atoms with Crippen LogP contribution in [0.4, 0.5) is 13.2 Å². The van der Waals surface area contributed by atoms with Crippen LogP contribution in [0.25, 0.3) is 11.0 Å². The van der Waals surface area contributed by atoms with Crippen LogP contribution in [0, 0.1) is 0 Å². The van der Waals surface area contributed by atoms with Crippen LogP contribution in [-0.4, -0.2) is 5.16 Å². The SMILES string of the molecule is CC(N)c1ccc2c(C(F)(F)F)noc2c1. The summed E-state index contributed by atoms with van der Waals surface area (Å²) in [6, 6.07) is 4.08. The summed E-state index contributed by atoms with van der Waals surface area (Å²) in [6.45, 7) is 1.74. The highest BCUT2D eigenvalue weighted by Gasteiger charge is 2.36. The summed E-state index contributed by atoms with van der Waals surface area (Å²) >= 11 is 0. The second-order valence-electron chi connectivity index (χ2n) is 3.57. The van der Waals surface area contributed by atoms with E-state index in [2.05, 4.69) is 9.68 Å². The average molecular weight is 230 g/mol. The second kappa shape index (κ2) is 3.48. The van der Waals surface area contributed by atoms with E-state index in [0.29, 0.717) is 5.56 Å². The average Bonchev–Trinajstić information content (AvgIpc) is 2.58. The molecular weight excluding hydrogens is 221 g/mol. The van der Waals surface area contributed by atoms with Gasteiger partial charge in [0, 0.05) is 6.04 Å². The lowest BCUT2D eigenvalue weighted by atomic mass is 10.1. The fourth-order valence-corrected chi connectivity index (χ4v) is 1.44. The summed E-state index contributed by atoms with van der Waals surface area (Å²) < 4.78 is 42.0. The van der Waals surface area contributed by atoms with Crippen molar-refractivity contribution in [3.05, 3.63) is 29.5 Å². The van der Waals surface area contributed by atoms with Gasteiger partial charge in [-0.05, 0) is 24.6 Å². The van der Waals surface area contributed by atoms with Crippen molar-refractivity contribution < 1.29 is 17.7 Å². The Bertz CT molecular complexity index is 516. The highest BCUT2D eigenvalue weighted by molar-refractivity contribution is 5.80. The zero-order valence-electron chi connectivity index (χ0n) is 8.38. The quantitative estimate of drug-likeness (QED) is 0.819. The van der Waals surface area contributed by atoms with Crippen LogP contribution in [0.5, 0.6) is 0 Å². The number of rotatable bonds is 1. The van der Waals surface area contributed by atoms with Gasteiger partial charge in [0.25, 0.3) is 0 Å². The zero-order valence-corrected chi connectivity index (χ0v) is 8.38. The highest BCUT2D eigenvalue weighted by atomic mass is 19.4. The first-order chi connectivity index (χ1) is 7.39. The fraction of sp³-hybridized carbons (Fsp3) is 0.300. The van der Waals surface area contributed by atoms with Crippen LogP contribution in [0.1, 0.15) is 24.2 Å². The van der Waals surface area contributed by atoms with Gasteiger partial charge in [-0.2, -0.15) is 13.2 Å². The first-order valence-corrected chi connectivity index (χ1v) is 4.61. The van der Waals surface area contributed by atoms with Crippen LogP contribution < -0.4 is 5.73 Å². The maximum atomic E-state index is 12.5. The fourth-order valence-electron chi connectivity index (χ4n) is 1.44. The van der Waals surface area contributed by atoms with Gasteiger partial charge in [-0.1, -0.05) is 11.2 Å². The molecule has 0 saturated carbocycles. The number of fused-ring (bicyclic) bond motifs is 1. The predicted molar refractivity (Wildman–Crippen MR) is 51.6 cm³/mol. The van der Waals surface area contributed by atoms with Crippen LogP contribution in [0.2, 0.25) is 0 Å². The lowest BCUT2D eigenvalue weighted by Crippen LogP contribution is -2.06. The first-order valence-electron chi connectivity index (χ1n) is 4.61. The van der Waals surface area contributed by atoms with Gasteiger partial charge in [0.05, 0.1) is 5.39 Å². The summed E-state index contributed by atoms with van der Waals surface area (Å²) in [5.74, 6) is 0. The van der Waals surface area contributed by atoms with E-state index >= 15 is 0 Å². The molecule has 1 unspecified atom stereocenters. The number of benzene rings is 1. The molecule has 1 heterocycles. The minimum Gasteiger partial charge on any atom is -0.356 e. The van der Waals surface area contributed by atoms with E-state index in [-0.39, 0.29) is 17.0 Å². The highest BCUT2D eigenvalue weighted by Crippen LogP contribution is 2.34. The van der Waals surface area contributed by atoms with E-state index in [1.165, 1.54) is 12.1 Å². The molecule has 0 spiro atoms. The summed E-state index contributed by atoms with van der Waals surface area (Å²) in [4.78, 5) is 0. The molecule has 0 bridgehead atoms. The van der Waals surface area contributed by atoms with Gasteiger partial charge >= 0.3 is 6.18 Å². The normalized spacial score (nSPS) is 14.3. The Morgan fingerprint density at radius 3 is 2.62 bits per heavy atom. The van der Waals surface area contributed by atoms with Crippen molar-refractivity contribution in [2.24, 2.45) is 5.73 Å². The van der Waals surface area contributed by atoms with Crippen LogP contribution in [0.3, 0.4) is 0 Å². The third-order valence-electron chi connectivity index (χ3n) is 2.29. The number of hydrogen-bond donors (Lipinski definition) is 1. The van der Waals surface area contributed by atoms with Crippen LogP contribution in [-0.2, 0) is 6.18 Å². The summed E-state index contributed by atoms with van der Waals surface area (Å²) in [5, 5.41) is 2.98. The minimum absolute atomic E-state index is 0.0445. The molecule has 1 aromatic heterocycles. The lowest BCUT2D eigenvalue weighted by Gasteiger charge is -2.04.